The number of hydrogen-bond acceptors (Lipinski definition) is 3. The first-order valence-corrected chi connectivity index (χ1v) is 3.83. The Morgan fingerprint density at radius 3 is 2.62 bits per heavy atom. The average Bonchev–Trinajstić information content (AvgIpc) is 2.03. The maximum atomic E-state index is 10.4. The smallest absolute Gasteiger partial charge is 0.307 e. The van der Waals surface area contributed by atoms with Gasteiger partial charge in [0.05, 0.1) is 13.0 Å². The highest BCUT2D eigenvalue weighted by Gasteiger charge is 2.06. The van der Waals surface area contributed by atoms with E-state index in [2.05, 4.69) is 0 Å². The van der Waals surface area contributed by atoms with Gasteiger partial charge in [-0.25, -0.2) is 0 Å². The lowest BCUT2D eigenvalue weighted by Crippen LogP contribution is -2.04. The fraction of sp³-hybridized carbons (Fsp3) is 0.222. The summed E-state index contributed by atoms with van der Waals surface area (Å²) in [4.78, 5) is 10.4. The molecule has 0 unspecified atom stereocenters. The van der Waals surface area contributed by atoms with Crippen LogP contribution >= 0.6 is 0 Å². The minimum Gasteiger partial charge on any atom is -0.481 e. The number of hydrogen-bond donors (Lipinski definition) is 3. The number of aliphatic hydroxyl groups excluding tert-OH is 1. The van der Waals surface area contributed by atoms with Gasteiger partial charge in [-0.1, -0.05) is 6.07 Å². The maximum Gasteiger partial charge on any atom is 0.307 e. The highest BCUT2D eigenvalue weighted by molar-refractivity contribution is 5.71. The number of aliphatic carboxylic acids is 1. The van der Waals surface area contributed by atoms with Gasteiger partial charge in [0.1, 0.15) is 0 Å². The summed E-state index contributed by atoms with van der Waals surface area (Å²) in [6, 6.07) is 4.84. The fourth-order valence-electron chi connectivity index (χ4n) is 1.13. The molecule has 0 bridgehead atoms. The third-order valence-electron chi connectivity index (χ3n) is 1.74. The van der Waals surface area contributed by atoms with Crippen molar-refractivity contribution in [3.05, 3.63) is 29.3 Å². The normalized spacial score (nSPS) is 9.92. The third kappa shape index (κ3) is 2.45. The van der Waals surface area contributed by atoms with E-state index in [1.165, 1.54) is 0 Å². The molecule has 1 aromatic rings. The van der Waals surface area contributed by atoms with Crippen molar-refractivity contribution in [2.24, 2.45) is 0 Å². The molecule has 0 fully saturated rings. The van der Waals surface area contributed by atoms with Crippen LogP contribution in [-0.2, 0) is 17.8 Å². The summed E-state index contributed by atoms with van der Waals surface area (Å²) < 4.78 is 0. The van der Waals surface area contributed by atoms with E-state index in [0.717, 1.165) is 0 Å². The molecule has 0 aliphatic carbocycles. The molecule has 0 saturated carbocycles. The molecule has 4 N–H and O–H groups in total. The van der Waals surface area contributed by atoms with Gasteiger partial charge in [-0.15, -0.1) is 0 Å². The van der Waals surface area contributed by atoms with Crippen LogP contribution < -0.4 is 5.73 Å². The molecular weight excluding hydrogens is 170 g/mol. The number of anilines is 1. The van der Waals surface area contributed by atoms with Gasteiger partial charge < -0.3 is 15.9 Å². The van der Waals surface area contributed by atoms with E-state index in [-0.39, 0.29) is 13.0 Å². The molecular formula is C9H11NO3. The molecule has 0 saturated heterocycles. The monoisotopic (exact) mass is 181 g/mol. The van der Waals surface area contributed by atoms with Crippen molar-refractivity contribution in [1.82, 2.24) is 0 Å². The highest BCUT2D eigenvalue weighted by atomic mass is 16.4. The summed E-state index contributed by atoms with van der Waals surface area (Å²) in [6.45, 7) is -0.164. The van der Waals surface area contributed by atoms with E-state index >= 15 is 0 Å². The van der Waals surface area contributed by atoms with Gasteiger partial charge in [-0.3, -0.25) is 4.79 Å². The second kappa shape index (κ2) is 3.91. The van der Waals surface area contributed by atoms with Gasteiger partial charge in [0, 0.05) is 5.69 Å². The molecule has 0 atom stereocenters. The molecule has 1 aromatic carbocycles. The van der Waals surface area contributed by atoms with Crippen molar-refractivity contribution in [3.63, 3.8) is 0 Å². The van der Waals surface area contributed by atoms with Gasteiger partial charge in [-0.05, 0) is 23.3 Å². The second-order valence-electron chi connectivity index (χ2n) is 2.76. The van der Waals surface area contributed by atoms with Crippen molar-refractivity contribution < 1.29 is 15.0 Å². The quantitative estimate of drug-likeness (QED) is 0.589. The van der Waals surface area contributed by atoms with Crippen LogP contribution in [0, 0.1) is 0 Å². The molecule has 13 heavy (non-hydrogen) atoms. The molecule has 0 aliphatic rings. The number of rotatable bonds is 3. The summed E-state index contributed by atoms with van der Waals surface area (Å²) in [6.07, 6.45) is -0.110. The Kier molecular flexibility index (Phi) is 2.87. The predicted molar refractivity (Wildman–Crippen MR) is 48.1 cm³/mol. The van der Waals surface area contributed by atoms with E-state index in [4.69, 9.17) is 15.9 Å². The van der Waals surface area contributed by atoms with Crippen LogP contribution in [-0.4, -0.2) is 16.2 Å². The summed E-state index contributed by atoms with van der Waals surface area (Å²) >= 11 is 0. The second-order valence-corrected chi connectivity index (χ2v) is 2.76. The molecule has 0 radical (unpaired) electrons. The van der Waals surface area contributed by atoms with E-state index in [1.54, 1.807) is 18.2 Å². The van der Waals surface area contributed by atoms with Crippen molar-refractivity contribution in [2.75, 3.05) is 5.73 Å². The molecule has 0 aliphatic heterocycles. The number of nitrogens with two attached hydrogens (primary N) is 1. The Hall–Kier alpha value is -1.55. The summed E-state index contributed by atoms with van der Waals surface area (Å²) in [5.41, 5.74) is 7.16. The number of carbonyl (C=O) groups is 1. The standard InChI is InChI=1S/C9H11NO3/c10-8-2-1-6(5-11)7(3-8)4-9(12)13/h1-3,11H,4-5,10H2,(H,12,13). The minimum atomic E-state index is -0.930. The maximum absolute atomic E-state index is 10.4. The van der Waals surface area contributed by atoms with Crippen molar-refractivity contribution in [3.8, 4) is 0 Å². The van der Waals surface area contributed by atoms with Gasteiger partial charge in [0.2, 0.25) is 0 Å². The van der Waals surface area contributed by atoms with E-state index in [0.29, 0.717) is 16.8 Å². The summed E-state index contributed by atoms with van der Waals surface area (Å²) in [5, 5.41) is 17.4. The topological polar surface area (TPSA) is 83.5 Å². The van der Waals surface area contributed by atoms with Crippen LogP contribution in [0.15, 0.2) is 18.2 Å². The lowest BCUT2D eigenvalue weighted by molar-refractivity contribution is -0.136. The molecule has 4 nitrogen and oxygen atoms in total. The highest BCUT2D eigenvalue weighted by Crippen LogP contribution is 2.14. The number of benzene rings is 1. The molecule has 0 spiro atoms. The molecule has 1 rings (SSSR count). The van der Waals surface area contributed by atoms with Crippen LogP contribution in [0.4, 0.5) is 5.69 Å². The van der Waals surface area contributed by atoms with E-state index in [1.807, 2.05) is 0 Å². The van der Waals surface area contributed by atoms with Gasteiger partial charge in [-0.2, -0.15) is 0 Å². The fourth-order valence-corrected chi connectivity index (χ4v) is 1.13. The summed E-state index contributed by atoms with van der Waals surface area (Å²) in [5.74, 6) is -0.930. The Morgan fingerprint density at radius 1 is 1.38 bits per heavy atom. The molecule has 0 heterocycles. The van der Waals surface area contributed by atoms with Crippen molar-refractivity contribution in [1.29, 1.82) is 0 Å². The molecule has 0 aromatic heterocycles. The van der Waals surface area contributed by atoms with Crippen LogP contribution in [0.2, 0.25) is 0 Å². The van der Waals surface area contributed by atoms with Crippen LogP contribution in [0.5, 0.6) is 0 Å². The molecule has 4 heteroatoms. The van der Waals surface area contributed by atoms with E-state index < -0.39 is 5.97 Å². The Morgan fingerprint density at radius 2 is 2.08 bits per heavy atom. The zero-order chi connectivity index (χ0) is 9.84. The van der Waals surface area contributed by atoms with Gasteiger partial charge in [0.25, 0.3) is 0 Å². The largest absolute Gasteiger partial charge is 0.481 e. The SMILES string of the molecule is Nc1ccc(CO)c(CC(=O)O)c1. The minimum absolute atomic E-state index is 0.110. The lowest BCUT2D eigenvalue weighted by Gasteiger charge is -2.05. The van der Waals surface area contributed by atoms with Gasteiger partial charge in [0.15, 0.2) is 0 Å². The van der Waals surface area contributed by atoms with Crippen molar-refractivity contribution >= 4 is 11.7 Å². The van der Waals surface area contributed by atoms with Crippen LogP contribution in [0.1, 0.15) is 11.1 Å². The van der Waals surface area contributed by atoms with Crippen LogP contribution in [0.25, 0.3) is 0 Å². The Bertz CT molecular complexity index is 323. The third-order valence-corrected chi connectivity index (χ3v) is 1.74. The summed E-state index contributed by atoms with van der Waals surface area (Å²) in [7, 11) is 0. The van der Waals surface area contributed by atoms with Crippen LogP contribution in [0.3, 0.4) is 0 Å². The number of carboxylic acids is 1. The average molecular weight is 181 g/mol. The Labute approximate surface area is 75.6 Å². The van der Waals surface area contributed by atoms with Crippen molar-refractivity contribution in [2.45, 2.75) is 13.0 Å². The zero-order valence-corrected chi connectivity index (χ0v) is 7.03. The first kappa shape index (κ1) is 9.54. The molecule has 70 valence electrons. The molecule has 0 amide bonds. The number of carboxylic acid groups (broad SMARTS) is 1. The number of nitrogen functional groups attached to an aromatic ring is 1. The first-order chi connectivity index (χ1) is 6.13. The first-order valence-electron chi connectivity index (χ1n) is 3.83. The Balaban J connectivity index is 3.01. The zero-order valence-electron chi connectivity index (χ0n) is 7.03. The predicted octanol–water partition coefficient (Wildman–Crippen LogP) is 0.388. The lowest BCUT2D eigenvalue weighted by atomic mass is 10.0. The van der Waals surface area contributed by atoms with Gasteiger partial charge >= 0.3 is 5.97 Å². The van der Waals surface area contributed by atoms with E-state index in [9.17, 15) is 4.79 Å². The number of aliphatic hydroxyl groups is 1.